The van der Waals surface area contributed by atoms with Crippen LogP contribution in [-0.2, 0) is 0 Å². The maximum atomic E-state index is 2.51. The Balaban J connectivity index is 0. The standard InChI is InChI=1S/C11H18.C4H8.3CH4/c1-7-10-3-8-2-9(5-10)6-11(7)4-8;1-3-4-2;;;/h7-11H,2-6H2,1H3;3-4H,1-2H3;3*1H4/b;4-3+;;;. The van der Waals surface area contributed by atoms with E-state index in [1.165, 1.54) is 0 Å². The Kier molecular flexibility index (Phi) is 9.78. The van der Waals surface area contributed by atoms with Crippen LogP contribution < -0.4 is 0 Å². The fraction of sp³-hybridized carbons (Fsp3) is 0.889. The van der Waals surface area contributed by atoms with Crippen molar-refractivity contribution in [2.75, 3.05) is 0 Å². The van der Waals surface area contributed by atoms with Crippen LogP contribution in [-0.4, -0.2) is 0 Å². The van der Waals surface area contributed by atoms with Gasteiger partial charge in [0.05, 0.1) is 0 Å². The molecule has 0 unspecified atom stereocenters. The van der Waals surface area contributed by atoms with Gasteiger partial charge in [0, 0.05) is 0 Å². The molecule has 4 saturated carbocycles. The Bertz CT molecular complexity index is 194. The summed E-state index contributed by atoms with van der Waals surface area (Å²) in [6.45, 7) is 6.51. The van der Waals surface area contributed by atoms with Crippen LogP contribution in [0.5, 0.6) is 0 Å². The van der Waals surface area contributed by atoms with Gasteiger partial charge in [-0.15, -0.1) is 0 Å². The second-order valence-electron chi connectivity index (χ2n) is 5.96. The van der Waals surface area contributed by atoms with Crippen molar-refractivity contribution in [3.63, 3.8) is 0 Å². The average Bonchev–Trinajstić information content (AvgIpc) is 2.25. The van der Waals surface area contributed by atoms with E-state index in [2.05, 4.69) is 6.92 Å². The lowest BCUT2D eigenvalue weighted by atomic mass is 9.52. The fourth-order valence-electron chi connectivity index (χ4n) is 4.20. The molecular weight excluding hydrogens is 216 g/mol. The Morgan fingerprint density at radius 1 is 0.667 bits per heavy atom. The molecule has 0 nitrogen and oxygen atoms in total. The van der Waals surface area contributed by atoms with Crippen molar-refractivity contribution in [2.24, 2.45) is 29.6 Å². The Morgan fingerprint density at radius 2 is 1.00 bits per heavy atom. The number of allylic oxidation sites excluding steroid dienone is 2. The third-order valence-corrected chi connectivity index (χ3v) is 5.03. The van der Waals surface area contributed by atoms with Gasteiger partial charge >= 0.3 is 0 Å². The Labute approximate surface area is 117 Å². The van der Waals surface area contributed by atoms with E-state index < -0.39 is 0 Å². The third-order valence-electron chi connectivity index (χ3n) is 5.03. The van der Waals surface area contributed by atoms with Gasteiger partial charge in [0.25, 0.3) is 0 Å². The summed E-state index contributed by atoms with van der Waals surface area (Å²) in [5, 5.41) is 0. The summed E-state index contributed by atoms with van der Waals surface area (Å²) in [5.74, 6) is 5.70. The van der Waals surface area contributed by atoms with Crippen molar-refractivity contribution < 1.29 is 0 Å². The molecule has 0 spiro atoms. The van der Waals surface area contributed by atoms with Crippen LogP contribution in [0.25, 0.3) is 0 Å². The molecule has 18 heavy (non-hydrogen) atoms. The molecule has 0 aliphatic heterocycles. The summed E-state index contributed by atoms with van der Waals surface area (Å²) in [6.07, 6.45) is 12.0. The van der Waals surface area contributed by atoms with E-state index in [0.717, 1.165) is 29.6 Å². The second-order valence-corrected chi connectivity index (χ2v) is 5.96. The van der Waals surface area contributed by atoms with Gasteiger partial charge in [0.15, 0.2) is 0 Å². The lowest BCUT2D eigenvalue weighted by Gasteiger charge is -2.53. The molecule has 0 aromatic carbocycles. The van der Waals surface area contributed by atoms with E-state index in [1.807, 2.05) is 26.0 Å². The molecule has 0 atom stereocenters. The quantitative estimate of drug-likeness (QED) is 0.429. The van der Waals surface area contributed by atoms with Crippen molar-refractivity contribution in [2.45, 2.75) is 75.2 Å². The topological polar surface area (TPSA) is 0 Å². The molecule has 0 N–H and O–H groups in total. The van der Waals surface area contributed by atoms with Crippen LogP contribution in [0.2, 0.25) is 0 Å². The Morgan fingerprint density at radius 3 is 1.28 bits per heavy atom. The van der Waals surface area contributed by atoms with Crippen molar-refractivity contribution >= 4 is 0 Å². The highest BCUT2D eigenvalue weighted by Crippen LogP contribution is 2.56. The van der Waals surface area contributed by atoms with Gasteiger partial charge in [-0.05, 0) is 75.5 Å². The van der Waals surface area contributed by atoms with Crippen molar-refractivity contribution in [3.8, 4) is 0 Å². The van der Waals surface area contributed by atoms with Crippen molar-refractivity contribution in [3.05, 3.63) is 12.2 Å². The molecule has 4 fully saturated rings. The molecule has 4 aliphatic carbocycles. The van der Waals surface area contributed by atoms with E-state index in [1.54, 1.807) is 32.1 Å². The lowest BCUT2D eigenvalue weighted by molar-refractivity contribution is -0.0282. The molecule has 4 rings (SSSR count). The molecule has 0 radical (unpaired) electrons. The molecule has 0 aromatic heterocycles. The van der Waals surface area contributed by atoms with Gasteiger partial charge in [0.1, 0.15) is 0 Å². The molecule has 0 amide bonds. The zero-order valence-electron chi connectivity index (χ0n) is 10.6. The first-order valence-corrected chi connectivity index (χ1v) is 6.81. The molecular formula is C18H38. The SMILES string of the molecule is C.C.C.C/C=C/C.CC1C2CC3CC(C2)CC1C3. The molecule has 110 valence electrons. The zero-order valence-corrected chi connectivity index (χ0v) is 10.6. The van der Waals surface area contributed by atoms with Crippen LogP contribution in [0.3, 0.4) is 0 Å². The summed E-state index contributed by atoms with van der Waals surface area (Å²) in [4.78, 5) is 0. The first-order valence-electron chi connectivity index (χ1n) is 6.81. The molecule has 0 saturated heterocycles. The lowest BCUT2D eigenvalue weighted by Crippen LogP contribution is -2.43. The predicted octanol–water partition coefficient (Wildman–Crippen LogP) is 6.57. The van der Waals surface area contributed by atoms with Crippen LogP contribution in [0.1, 0.15) is 75.2 Å². The average molecular weight is 255 g/mol. The first kappa shape index (κ1) is 20.1. The molecule has 4 bridgehead atoms. The van der Waals surface area contributed by atoms with Crippen LogP contribution in [0, 0.1) is 29.6 Å². The highest BCUT2D eigenvalue weighted by Gasteiger charge is 2.45. The molecule has 0 heteroatoms. The number of hydrogen-bond acceptors (Lipinski definition) is 0. The first-order chi connectivity index (χ1) is 7.24. The van der Waals surface area contributed by atoms with Crippen molar-refractivity contribution in [1.82, 2.24) is 0 Å². The van der Waals surface area contributed by atoms with Gasteiger partial charge in [-0.1, -0.05) is 41.4 Å². The minimum Gasteiger partial charge on any atom is -0.0919 e. The van der Waals surface area contributed by atoms with Gasteiger partial charge in [-0.25, -0.2) is 0 Å². The minimum atomic E-state index is 0. The fourth-order valence-corrected chi connectivity index (χ4v) is 4.20. The highest BCUT2D eigenvalue weighted by atomic mass is 14.5. The van der Waals surface area contributed by atoms with Gasteiger partial charge in [0.2, 0.25) is 0 Å². The largest absolute Gasteiger partial charge is 0.0919 e. The maximum absolute atomic E-state index is 2.51. The third kappa shape index (κ3) is 4.14. The minimum absolute atomic E-state index is 0. The number of hydrogen-bond donors (Lipinski definition) is 0. The van der Waals surface area contributed by atoms with E-state index >= 15 is 0 Å². The summed E-state index contributed by atoms with van der Waals surface area (Å²) < 4.78 is 0. The summed E-state index contributed by atoms with van der Waals surface area (Å²) in [7, 11) is 0. The maximum Gasteiger partial charge on any atom is -0.0381 e. The van der Waals surface area contributed by atoms with Gasteiger partial charge in [-0.2, -0.15) is 0 Å². The summed E-state index contributed by atoms with van der Waals surface area (Å²) >= 11 is 0. The number of rotatable bonds is 0. The predicted molar refractivity (Wildman–Crippen MR) is 86.9 cm³/mol. The molecule has 0 aromatic rings. The molecule has 4 aliphatic rings. The van der Waals surface area contributed by atoms with Gasteiger partial charge in [-0.3, -0.25) is 0 Å². The zero-order chi connectivity index (χ0) is 10.8. The van der Waals surface area contributed by atoms with Gasteiger partial charge < -0.3 is 0 Å². The van der Waals surface area contributed by atoms with E-state index in [0.29, 0.717) is 0 Å². The van der Waals surface area contributed by atoms with Crippen LogP contribution >= 0.6 is 0 Å². The second kappa shape index (κ2) is 8.77. The van der Waals surface area contributed by atoms with Crippen LogP contribution in [0.15, 0.2) is 12.2 Å². The molecule has 0 heterocycles. The smallest absolute Gasteiger partial charge is 0.0381 e. The summed E-state index contributed by atoms with van der Waals surface area (Å²) in [6, 6.07) is 0. The Hall–Kier alpha value is -0.260. The van der Waals surface area contributed by atoms with Crippen LogP contribution in [0.4, 0.5) is 0 Å². The van der Waals surface area contributed by atoms with E-state index in [4.69, 9.17) is 0 Å². The highest BCUT2D eigenvalue weighted by molar-refractivity contribution is 4.96. The van der Waals surface area contributed by atoms with E-state index in [-0.39, 0.29) is 22.3 Å². The summed E-state index contributed by atoms with van der Waals surface area (Å²) in [5.41, 5.74) is 0. The normalized spacial score (nSPS) is 38.9. The van der Waals surface area contributed by atoms with Crippen molar-refractivity contribution in [1.29, 1.82) is 0 Å². The monoisotopic (exact) mass is 254 g/mol. The van der Waals surface area contributed by atoms with E-state index in [9.17, 15) is 0 Å².